The van der Waals surface area contributed by atoms with Gasteiger partial charge in [0.05, 0.1) is 37.8 Å². The lowest BCUT2D eigenvalue weighted by atomic mass is 9.83. The van der Waals surface area contributed by atoms with Crippen LogP contribution in [0.3, 0.4) is 0 Å². The van der Waals surface area contributed by atoms with Gasteiger partial charge in [-0.2, -0.15) is 0 Å². The maximum atomic E-state index is 14.9. The molecule has 2 aromatic rings. The number of nitrogens with one attached hydrogen (secondary N) is 1. The van der Waals surface area contributed by atoms with Crippen LogP contribution >= 0.6 is 11.8 Å². The summed E-state index contributed by atoms with van der Waals surface area (Å²) in [5.74, 6) is -0.586. The van der Waals surface area contributed by atoms with Crippen molar-refractivity contribution in [2.45, 2.75) is 36.7 Å². The van der Waals surface area contributed by atoms with E-state index in [1.165, 1.54) is 36.3 Å². The number of anilines is 1. The Kier molecular flexibility index (Phi) is 6.55. The van der Waals surface area contributed by atoms with Crippen molar-refractivity contribution in [3.8, 4) is 5.88 Å². The highest BCUT2D eigenvalue weighted by Crippen LogP contribution is 2.46. The molecule has 1 saturated heterocycles. The fourth-order valence-electron chi connectivity index (χ4n) is 4.02. The molecular weight excluding hydrogens is 449 g/mol. The summed E-state index contributed by atoms with van der Waals surface area (Å²) in [6.07, 6.45) is 3.18. The molecule has 2 atom stereocenters. The third kappa shape index (κ3) is 5.26. The van der Waals surface area contributed by atoms with Crippen molar-refractivity contribution in [2.24, 2.45) is 10.7 Å². The second-order valence-corrected chi connectivity index (χ2v) is 10.2. The number of nitrogens with zero attached hydrogens (tertiary/aromatic N) is 3. The van der Waals surface area contributed by atoms with E-state index in [9.17, 15) is 9.18 Å². The number of aliphatic imine (C=N–C) groups is 1. The molecule has 0 unspecified atom stereocenters. The Bertz CT molecular complexity index is 1070. The number of nitrogens with two attached hydrogens (primary N) is 1. The standard InChI is InChI=1S/C22H26FN5O4S/c1-21(12-30-3)11-22(2,28-20(24)33-21)15-6-13(4-5-16(15)23)27-19(29)17-7-26-18(8-25-17)32-14-9-31-10-14/h4-8,14H,9-12H2,1-3H3,(H2,24,28)(H,27,29)/t21-,22+/m1/s1. The minimum atomic E-state index is -0.919. The second-order valence-electron chi connectivity index (χ2n) is 8.55. The van der Waals surface area contributed by atoms with Crippen LogP contribution in [0.4, 0.5) is 10.1 Å². The molecule has 3 N–H and O–H groups in total. The Labute approximate surface area is 195 Å². The van der Waals surface area contributed by atoms with Gasteiger partial charge in [0.15, 0.2) is 5.17 Å². The van der Waals surface area contributed by atoms with Crippen LogP contribution in [0.25, 0.3) is 0 Å². The molecule has 2 aliphatic rings. The Morgan fingerprint density at radius 2 is 2.12 bits per heavy atom. The summed E-state index contributed by atoms with van der Waals surface area (Å²) in [5.41, 5.74) is 6.02. The Hall–Kier alpha value is -2.76. The van der Waals surface area contributed by atoms with Gasteiger partial charge in [-0.15, -0.1) is 0 Å². The maximum Gasteiger partial charge on any atom is 0.275 e. The molecule has 0 saturated carbocycles. The van der Waals surface area contributed by atoms with E-state index in [0.29, 0.717) is 48.5 Å². The first-order valence-electron chi connectivity index (χ1n) is 10.4. The van der Waals surface area contributed by atoms with Crippen LogP contribution in [-0.4, -0.2) is 58.8 Å². The van der Waals surface area contributed by atoms with Crippen LogP contribution in [0.15, 0.2) is 35.6 Å². The van der Waals surface area contributed by atoms with Gasteiger partial charge >= 0.3 is 0 Å². The number of hydrogen-bond donors (Lipinski definition) is 2. The highest BCUT2D eigenvalue weighted by molar-refractivity contribution is 8.15. The van der Waals surface area contributed by atoms with Crippen molar-refractivity contribution in [1.82, 2.24) is 9.97 Å². The van der Waals surface area contributed by atoms with Gasteiger partial charge in [-0.05, 0) is 38.5 Å². The molecular formula is C22H26FN5O4S. The smallest absolute Gasteiger partial charge is 0.275 e. The molecule has 4 rings (SSSR count). The molecule has 176 valence electrons. The van der Waals surface area contributed by atoms with Crippen molar-refractivity contribution in [3.63, 3.8) is 0 Å². The van der Waals surface area contributed by atoms with E-state index >= 15 is 0 Å². The number of benzene rings is 1. The first kappa shape index (κ1) is 23.4. The molecule has 1 aromatic heterocycles. The van der Waals surface area contributed by atoms with E-state index in [1.54, 1.807) is 13.2 Å². The number of rotatable bonds is 7. The van der Waals surface area contributed by atoms with Gasteiger partial charge in [0.2, 0.25) is 5.88 Å². The summed E-state index contributed by atoms with van der Waals surface area (Å²) in [4.78, 5) is 25.4. The summed E-state index contributed by atoms with van der Waals surface area (Å²) in [5, 5.41) is 3.11. The molecule has 0 spiro atoms. The minimum absolute atomic E-state index is 0.0430. The molecule has 2 aliphatic heterocycles. The minimum Gasteiger partial charge on any atom is -0.468 e. The van der Waals surface area contributed by atoms with Crippen LogP contribution < -0.4 is 15.8 Å². The van der Waals surface area contributed by atoms with Gasteiger partial charge in [-0.25, -0.2) is 14.4 Å². The van der Waals surface area contributed by atoms with E-state index in [0.717, 1.165) is 0 Å². The quantitative estimate of drug-likeness (QED) is 0.627. The van der Waals surface area contributed by atoms with Gasteiger partial charge in [0.1, 0.15) is 17.6 Å². The number of carbonyl (C=O) groups is 1. The van der Waals surface area contributed by atoms with Crippen molar-refractivity contribution in [2.75, 3.05) is 32.2 Å². The predicted molar refractivity (Wildman–Crippen MR) is 123 cm³/mol. The summed E-state index contributed by atoms with van der Waals surface area (Å²) in [6, 6.07) is 4.37. The van der Waals surface area contributed by atoms with Crippen LogP contribution in [0.2, 0.25) is 0 Å². The average molecular weight is 476 g/mol. The van der Waals surface area contributed by atoms with Crippen molar-refractivity contribution < 1.29 is 23.4 Å². The molecule has 0 aliphatic carbocycles. The van der Waals surface area contributed by atoms with Gasteiger partial charge in [-0.3, -0.25) is 9.79 Å². The molecule has 33 heavy (non-hydrogen) atoms. The predicted octanol–water partition coefficient (Wildman–Crippen LogP) is 2.72. The van der Waals surface area contributed by atoms with Crippen LogP contribution in [0, 0.1) is 5.82 Å². The average Bonchev–Trinajstić information content (AvgIpc) is 2.71. The summed E-state index contributed by atoms with van der Waals surface area (Å²) in [7, 11) is 1.62. The van der Waals surface area contributed by atoms with Gasteiger partial charge in [-0.1, -0.05) is 11.8 Å². The molecule has 11 heteroatoms. The van der Waals surface area contributed by atoms with Gasteiger partial charge in [0, 0.05) is 23.1 Å². The van der Waals surface area contributed by atoms with E-state index in [-0.39, 0.29) is 16.5 Å². The van der Waals surface area contributed by atoms with Crippen molar-refractivity contribution in [3.05, 3.63) is 47.7 Å². The third-order valence-corrected chi connectivity index (χ3v) is 6.49. The fraction of sp³-hybridized carbons (Fsp3) is 0.455. The third-order valence-electron chi connectivity index (χ3n) is 5.44. The molecule has 1 amide bonds. The molecule has 0 bridgehead atoms. The number of ether oxygens (including phenoxy) is 3. The van der Waals surface area contributed by atoms with Crippen LogP contribution in [-0.2, 0) is 15.0 Å². The number of aromatic nitrogens is 2. The molecule has 1 fully saturated rings. The van der Waals surface area contributed by atoms with Crippen molar-refractivity contribution >= 4 is 28.5 Å². The van der Waals surface area contributed by atoms with E-state index in [4.69, 9.17) is 19.9 Å². The monoisotopic (exact) mass is 475 g/mol. The number of halogens is 1. The SMILES string of the molecule is COC[C@@]1(C)C[C@@](C)(c2cc(NC(=O)c3cnc(OC4COC4)cn3)ccc2F)N=C(N)S1. The second kappa shape index (κ2) is 9.24. The molecule has 3 heterocycles. The van der Waals surface area contributed by atoms with Crippen molar-refractivity contribution in [1.29, 1.82) is 0 Å². The summed E-state index contributed by atoms with van der Waals surface area (Å²) >= 11 is 1.42. The summed E-state index contributed by atoms with van der Waals surface area (Å²) < 4.78 is 30.5. The number of amides is 1. The maximum absolute atomic E-state index is 14.9. The van der Waals surface area contributed by atoms with Crippen LogP contribution in [0.1, 0.15) is 36.3 Å². The van der Waals surface area contributed by atoms with E-state index < -0.39 is 17.3 Å². The molecule has 9 nitrogen and oxygen atoms in total. The highest BCUT2D eigenvalue weighted by Gasteiger charge is 2.43. The van der Waals surface area contributed by atoms with Gasteiger partial charge in [0.25, 0.3) is 5.91 Å². The lowest BCUT2D eigenvalue weighted by Crippen LogP contribution is -2.43. The lowest BCUT2D eigenvalue weighted by molar-refractivity contribution is -0.0814. The molecule has 1 aromatic carbocycles. The topological polar surface area (TPSA) is 121 Å². The first-order chi connectivity index (χ1) is 15.7. The highest BCUT2D eigenvalue weighted by atomic mass is 32.2. The largest absolute Gasteiger partial charge is 0.468 e. The number of thioether (sulfide) groups is 1. The number of carbonyl (C=O) groups excluding carboxylic acids is 1. The lowest BCUT2D eigenvalue weighted by Gasteiger charge is -2.41. The molecule has 0 radical (unpaired) electrons. The van der Waals surface area contributed by atoms with Crippen LogP contribution in [0.5, 0.6) is 5.88 Å². The fourth-order valence-corrected chi connectivity index (χ4v) is 5.30. The van der Waals surface area contributed by atoms with Gasteiger partial charge < -0.3 is 25.3 Å². The zero-order valence-electron chi connectivity index (χ0n) is 18.6. The normalized spacial score (nSPS) is 25.2. The first-order valence-corrected chi connectivity index (χ1v) is 11.2. The van der Waals surface area contributed by atoms with E-state index in [2.05, 4.69) is 20.3 Å². The Morgan fingerprint density at radius 3 is 2.76 bits per heavy atom. The summed E-state index contributed by atoms with van der Waals surface area (Å²) in [6.45, 7) is 5.29. The number of amidine groups is 1. The van der Waals surface area contributed by atoms with E-state index in [1.807, 2.05) is 13.8 Å². The number of hydrogen-bond acceptors (Lipinski definition) is 9. The Morgan fingerprint density at radius 1 is 1.33 bits per heavy atom. The Balaban J connectivity index is 1.52. The zero-order chi connectivity index (χ0) is 23.6. The zero-order valence-corrected chi connectivity index (χ0v) is 19.4. The number of methoxy groups -OCH3 is 1.